The summed E-state index contributed by atoms with van der Waals surface area (Å²) < 4.78 is 0. The highest BCUT2D eigenvalue weighted by molar-refractivity contribution is 5.80. The molecule has 160 valence electrons. The molecule has 0 spiro atoms. The SMILES string of the molecule is Cc1ccc(CC(=O)N2CCCC[C@@H]2c2nc(N(C)C)ncc2-c2ccncc2)cc1. The average molecular weight is 416 g/mol. The fraction of sp³-hybridized carbons (Fsp3) is 0.360. The van der Waals surface area contributed by atoms with Gasteiger partial charge in [-0.1, -0.05) is 29.8 Å². The Labute approximate surface area is 184 Å². The Hall–Kier alpha value is -3.28. The topological polar surface area (TPSA) is 62.2 Å². The Morgan fingerprint density at radius 2 is 1.84 bits per heavy atom. The number of anilines is 1. The van der Waals surface area contributed by atoms with E-state index in [0.29, 0.717) is 12.4 Å². The molecule has 3 aromatic rings. The van der Waals surface area contributed by atoms with E-state index in [1.54, 1.807) is 12.4 Å². The fourth-order valence-electron chi connectivity index (χ4n) is 4.11. The molecule has 6 nitrogen and oxygen atoms in total. The number of nitrogens with zero attached hydrogens (tertiary/aromatic N) is 5. The first-order valence-corrected chi connectivity index (χ1v) is 10.8. The molecule has 1 atom stereocenters. The standard InChI is InChI=1S/C25H29N5O/c1-18-7-9-19(10-8-18)16-23(31)30-15-5-4-6-22(30)24-21(20-11-13-26-14-12-20)17-27-25(28-24)29(2)3/h7-14,17,22H,4-6,15-16H2,1-3H3/t22-/m1/s1. The third-order valence-electron chi connectivity index (χ3n) is 5.81. The van der Waals surface area contributed by atoms with Gasteiger partial charge in [0.2, 0.25) is 11.9 Å². The first-order valence-electron chi connectivity index (χ1n) is 10.8. The van der Waals surface area contributed by atoms with Crippen LogP contribution < -0.4 is 4.90 Å². The number of aromatic nitrogens is 3. The largest absolute Gasteiger partial charge is 0.347 e. The lowest BCUT2D eigenvalue weighted by atomic mass is 9.93. The van der Waals surface area contributed by atoms with E-state index in [1.807, 2.05) is 54.4 Å². The summed E-state index contributed by atoms with van der Waals surface area (Å²) in [4.78, 5) is 30.9. The van der Waals surface area contributed by atoms with Crippen molar-refractivity contribution in [1.29, 1.82) is 0 Å². The normalized spacial score (nSPS) is 16.2. The van der Waals surface area contributed by atoms with Crippen LogP contribution in [0.2, 0.25) is 0 Å². The van der Waals surface area contributed by atoms with Crippen molar-refractivity contribution in [1.82, 2.24) is 19.9 Å². The molecule has 6 heteroatoms. The van der Waals surface area contributed by atoms with Gasteiger partial charge in [0.25, 0.3) is 0 Å². The minimum absolute atomic E-state index is 0.0587. The molecule has 0 bridgehead atoms. The van der Waals surface area contributed by atoms with E-state index < -0.39 is 0 Å². The van der Waals surface area contributed by atoms with Crippen LogP contribution in [0.3, 0.4) is 0 Å². The van der Waals surface area contributed by atoms with Gasteiger partial charge in [-0.05, 0) is 49.4 Å². The Morgan fingerprint density at radius 3 is 2.55 bits per heavy atom. The number of hydrogen-bond donors (Lipinski definition) is 0. The summed E-state index contributed by atoms with van der Waals surface area (Å²) in [5.41, 5.74) is 5.15. The van der Waals surface area contributed by atoms with Crippen LogP contribution in [-0.4, -0.2) is 46.4 Å². The van der Waals surface area contributed by atoms with Gasteiger partial charge in [-0.2, -0.15) is 0 Å². The number of carbonyl (C=O) groups is 1. The number of pyridine rings is 1. The van der Waals surface area contributed by atoms with Gasteiger partial charge in [0.1, 0.15) is 0 Å². The van der Waals surface area contributed by atoms with E-state index in [-0.39, 0.29) is 11.9 Å². The highest BCUT2D eigenvalue weighted by Gasteiger charge is 2.31. The summed E-state index contributed by atoms with van der Waals surface area (Å²) in [7, 11) is 3.87. The van der Waals surface area contributed by atoms with Crippen molar-refractivity contribution in [2.24, 2.45) is 0 Å². The van der Waals surface area contributed by atoms with Crippen LogP contribution in [0.25, 0.3) is 11.1 Å². The molecule has 1 aromatic carbocycles. The van der Waals surface area contributed by atoms with Gasteiger partial charge in [-0.3, -0.25) is 9.78 Å². The van der Waals surface area contributed by atoms with Gasteiger partial charge in [0.15, 0.2) is 0 Å². The molecule has 3 heterocycles. The Morgan fingerprint density at radius 1 is 1.10 bits per heavy atom. The second kappa shape index (κ2) is 9.25. The minimum atomic E-state index is -0.0587. The molecule has 0 saturated carbocycles. The molecule has 0 unspecified atom stereocenters. The van der Waals surface area contributed by atoms with Crippen molar-refractivity contribution >= 4 is 11.9 Å². The summed E-state index contributed by atoms with van der Waals surface area (Å²) in [5.74, 6) is 0.809. The molecule has 2 aromatic heterocycles. The summed E-state index contributed by atoms with van der Waals surface area (Å²) >= 11 is 0. The van der Waals surface area contributed by atoms with E-state index in [9.17, 15) is 4.79 Å². The molecular weight excluding hydrogens is 386 g/mol. The van der Waals surface area contributed by atoms with Crippen molar-refractivity contribution in [2.75, 3.05) is 25.5 Å². The predicted octanol–water partition coefficient (Wildman–Crippen LogP) is 4.21. The second-order valence-electron chi connectivity index (χ2n) is 8.36. The lowest BCUT2D eigenvalue weighted by Crippen LogP contribution is -2.40. The Bertz CT molecular complexity index is 1030. The van der Waals surface area contributed by atoms with Crippen LogP contribution in [0.4, 0.5) is 5.95 Å². The van der Waals surface area contributed by atoms with Gasteiger partial charge in [0, 0.05) is 44.8 Å². The molecule has 4 rings (SSSR count). The first kappa shape index (κ1) is 21.0. The number of rotatable bonds is 5. The van der Waals surface area contributed by atoms with E-state index in [2.05, 4.69) is 29.0 Å². The van der Waals surface area contributed by atoms with Crippen LogP contribution in [0.1, 0.15) is 42.1 Å². The maximum atomic E-state index is 13.4. The number of hydrogen-bond acceptors (Lipinski definition) is 5. The third kappa shape index (κ3) is 4.74. The molecule has 0 radical (unpaired) electrons. The molecule has 0 N–H and O–H groups in total. The maximum Gasteiger partial charge on any atom is 0.227 e. The molecule has 1 aliphatic rings. The zero-order valence-corrected chi connectivity index (χ0v) is 18.5. The first-order chi connectivity index (χ1) is 15.0. The van der Waals surface area contributed by atoms with E-state index in [4.69, 9.17) is 4.98 Å². The maximum absolute atomic E-state index is 13.4. The highest BCUT2D eigenvalue weighted by Crippen LogP contribution is 2.36. The summed E-state index contributed by atoms with van der Waals surface area (Å²) in [6, 6.07) is 12.1. The minimum Gasteiger partial charge on any atom is -0.347 e. The Kier molecular flexibility index (Phi) is 6.26. The summed E-state index contributed by atoms with van der Waals surface area (Å²) in [5, 5.41) is 0. The fourth-order valence-corrected chi connectivity index (χ4v) is 4.11. The number of likely N-dealkylation sites (tertiary alicyclic amines) is 1. The number of amides is 1. The van der Waals surface area contributed by atoms with Crippen molar-refractivity contribution in [3.8, 4) is 11.1 Å². The third-order valence-corrected chi connectivity index (χ3v) is 5.81. The predicted molar refractivity (Wildman–Crippen MR) is 123 cm³/mol. The second-order valence-corrected chi connectivity index (χ2v) is 8.36. The number of carbonyl (C=O) groups excluding carboxylic acids is 1. The zero-order valence-electron chi connectivity index (χ0n) is 18.5. The average Bonchev–Trinajstić information content (AvgIpc) is 2.80. The number of piperidine rings is 1. The van der Waals surface area contributed by atoms with Gasteiger partial charge >= 0.3 is 0 Å². The number of aryl methyl sites for hydroxylation is 1. The lowest BCUT2D eigenvalue weighted by Gasteiger charge is -2.36. The monoisotopic (exact) mass is 415 g/mol. The van der Waals surface area contributed by atoms with Crippen LogP contribution in [-0.2, 0) is 11.2 Å². The Balaban J connectivity index is 1.70. The molecule has 1 amide bonds. The van der Waals surface area contributed by atoms with Gasteiger partial charge < -0.3 is 9.80 Å². The summed E-state index contributed by atoms with van der Waals surface area (Å²) in [6.45, 7) is 2.82. The lowest BCUT2D eigenvalue weighted by molar-refractivity contribution is -0.134. The van der Waals surface area contributed by atoms with Crippen LogP contribution >= 0.6 is 0 Å². The van der Waals surface area contributed by atoms with Gasteiger partial charge in [-0.15, -0.1) is 0 Å². The highest BCUT2D eigenvalue weighted by atomic mass is 16.2. The van der Waals surface area contributed by atoms with Crippen LogP contribution in [0.5, 0.6) is 0 Å². The van der Waals surface area contributed by atoms with Crippen LogP contribution in [0.15, 0.2) is 55.0 Å². The molecule has 31 heavy (non-hydrogen) atoms. The van der Waals surface area contributed by atoms with Crippen molar-refractivity contribution in [3.63, 3.8) is 0 Å². The zero-order chi connectivity index (χ0) is 21.8. The van der Waals surface area contributed by atoms with Gasteiger partial charge in [-0.25, -0.2) is 9.97 Å². The van der Waals surface area contributed by atoms with Crippen molar-refractivity contribution in [3.05, 3.63) is 71.8 Å². The van der Waals surface area contributed by atoms with E-state index in [0.717, 1.165) is 48.2 Å². The van der Waals surface area contributed by atoms with E-state index in [1.165, 1.54) is 5.56 Å². The van der Waals surface area contributed by atoms with E-state index >= 15 is 0 Å². The molecular formula is C25H29N5O. The molecule has 1 saturated heterocycles. The van der Waals surface area contributed by atoms with Crippen molar-refractivity contribution in [2.45, 2.75) is 38.6 Å². The van der Waals surface area contributed by atoms with Crippen LogP contribution in [0, 0.1) is 6.92 Å². The molecule has 0 aliphatic carbocycles. The van der Waals surface area contributed by atoms with Crippen molar-refractivity contribution < 1.29 is 4.79 Å². The molecule has 1 fully saturated rings. The quantitative estimate of drug-likeness (QED) is 0.625. The number of benzene rings is 1. The molecule has 1 aliphatic heterocycles. The summed E-state index contributed by atoms with van der Waals surface area (Å²) in [6.07, 6.45) is 8.85. The van der Waals surface area contributed by atoms with Gasteiger partial charge in [0.05, 0.1) is 18.2 Å². The smallest absolute Gasteiger partial charge is 0.227 e.